The number of anilines is 3. The molecule has 2 aliphatic heterocycles. The molecule has 212 valence electrons. The van der Waals surface area contributed by atoms with Crippen LogP contribution in [0.4, 0.5) is 26.4 Å². The standard InChI is InChI=1S/C29H37BFN5O4/c1-39-28(37)23-18-24(35-12-10-22(11-13-35)34-14-16-36(17-15-34)29(38)40-2)25(26(30)19-4-3-5-19)27(33-23)32-21-8-6-20(31)7-9-21/h6-9,18-19,22,30H,3-5,10-17H2,1-2H3,(H,32,33). The van der Waals surface area contributed by atoms with Crippen LogP contribution in [0.15, 0.2) is 30.3 Å². The molecule has 1 aromatic heterocycles. The van der Waals surface area contributed by atoms with E-state index in [-0.39, 0.29) is 17.6 Å². The van der Waals surface area contributed by atoms with Gasteiger partial charge in [0.1, 0.15) is 0 Å². The Balaban J connectivity index is 1.41. The van der Waals surface area contributed by atoms with Crippen LogP contribution in [0.1, 0.15) is 48.2 Å². The fraction of sp³-hybridized carbons (Fsp3) is 0.517. The van der Waals surface area contributed by atoms with Crippen molar-refractivity contribution in [1.82, 2.24) is 14.8 Å². The molecule has 1 saturated carbocycles. The van der Waals surface area contributed by atoms with E-state index in [1.165, 1.54) is 32.8 Å². The first kappa shape index (κ1) is 28.1. The summed E-state index contributed by atoms with van der Waals surface area (Å²) in [7, 11) is 7.27. The van der Waals surface area contributed by atoms with E-state index < -0.39 is 5.97 Å². The number of esters is 1. The minimum absolute atomic E-state index is 0.216. The van der Waals surface area contributed by atoms with E-state index in [1.54, 1.807) is 17.0 Å². The van der Waals surface area contributed by atoms with Crippen molar-refractivity contribution < 1.29 is 23.5 Å². The molecular weight excluding hydrogens is 512 g/mol. The first-order valence-corrected chi connectivity index (χ1v) is 14.0. The van der Waals surface area contributed by atoms with Gasteiger partial charge in [-0.1, -0.05) is 0 Å². The molecule has 3 aliphatic rings. The van der Waals surface area contributed by atoms with Crippen LogP contribution in [-0.4, -0.2) is 99.3 Å². The molecule has 1 aliphatic carbocycles. The van der Waals surface area contributed by atoms with E-state index >= 15 is 0 Å². The second kappa shape index (κ2) is 12.4. The molecule has 2 aromatic rings. The zero-order valence-electron chi connectivity index (χ0n) is 23.3. The number of pyridine rings is 1. The molecular formula is C29H37BFN5O4. The van der Waals surface area contributed by atoms with Gasteiger partial charge >= 0.3 is 219 Å². The Morgan fingerprint density at radius 2 is 1.65 bits per heavy atom. The van der Waals surface area contributed by atoms with Crippen molar-refractivity contribution in [3.63, 3.8) is 0 Å². The van der Waals surface area contributed by atoms with Gasteiger partial charge in [-0.25, -0.2) is 4.79 Å². The van der Waals surface area contributed by atoms with Crippen molar-refractivity contribution in [2.24, 2.45) is 5.92 Å². The third-order valence-corrected chi connectivity index (χ3v) is 8.49. The van der Waals surface area contributed by atoms with Gasteiger partial charge in [-0.05, 0) is 0 Å². The number of ether oxygens (including phenoxy) is 2. The van der Waals surface area contributed by atoms with Crippen molar-refractivity contribution in [3.8, 4) is 0 Å². The van der Waals surface area contributed by atoms with E-state index in [0.29, 0.717) is 36.6 Å². The van der Waals surface area contributed by atoms with E-state index in [0.717, 1.165) is 68.6 Å². The van der Waals surface area contributed by atoms with Gasteiger partial charge in [-0.3, -0.25) is 0 Å². The molecule has 1 amide bonds. The summed E-state index contributed by atoms with van der Waals surface area (Å²) in [6.07, 6.45) is 4.98. The minimum atomic E-state index is -0.512. The van der Waals surface area contributed by atoms with E-state index in [4.69, 9.17) is 9.47 Å². The van der Waals surface area contributed by atoms with Gasteiger partial charge in [-0.2, -0.15) is 0 Å². The normalized spacial score (nSPS) is 18.6. The molecule has 2 saturated heterocycles. The van der Waals surface area contributed by atoms with Crippen LogP contribution >= 0.6 is 0 Å². The quantitative estimate of drug-likeness (QED) is 0.416. The molecule has 3 heterocycles. The van der Waals surface area contributed by atoms with Gasteiger partial charge in [-0.15, -0.1) is 0 Å². The number of nitrogens with zero attached hydrogens (tertiary/aromatic N) is 4. The predicted octanol–water partition coefficient (Wildman–Crippen LogP) is 3.33. The molecule has 9 nitrogen and oxygen atoms in total. The fourth-order valence-electron chi connectivity index (χ4n) is 5.90. The first-order chi connectivity index (χ1) is 19.4. The van der Waals surface area contributed by atoms with Gasteiger partial charge in [0.05, 0.1) is 7.11 Å². The number of piperidine rings is 1. The molecule has 0 spiro atoms. The molecule has 5 rings (SSSR count). The molecule has 0 bridgehead atoms. The van der Waals surface area contributed by atoms with Crippen LogP contribution in [-0.2, 0) is 9.47 Å². The Labute approximate surface area is 235 Å². The predicted molar refractivity (Wildman–Crippen MR) is 155 cm³/mol. The number of rotatable bonds is 7. The summed E-state index contributed by atoms with van der Waals surface area (Å²) in [5.74, 6) is 0.0585. The molecule has 40 heavy (non-hydrogen) atoms. The molecule has 0 unspecified atom stereocenters. The number of hydrogen-bond donors (Lipinski definition) is 1. The number of amides is 1. The maximum absolute atomic E-state index is 13.6. The number of nitrogens with one attached hydrogen (secondary N) is 1. The van der Waals surface area contributed by atoms with Crippen LogP contribution in [0.25, 0.3) is 0 Å². The number of carbonyl (C=O) groups is 2. The summed E-state index contributed by atoms with van der Waals surface area (Å²) < 4.78 is 23.5. The van der Waals surface area contributed by atoms with Gasteiger partial charge < -0.3 is 4.74 Å². The van der Waals surface area contributed by atoms with Gasteiger partial charge in [0.15, 0.2) is 0 Å². The Bertz CT molecular complexity index is 1240. The zero-order valence-corrected chi connectivity index (χ0v) is 23.3. The Morgan fingerprint density at radius 3 is 2.23 bits per heavy atom. The van der Waals surface area contributed by atoms with Crippen LogP contribution in [0.2, 0.25) is 0 Å². The SMILES string of the molecule is B=C(c1c(N2CCC(N3CCN(C(=O)OC)CC3)CC2)cc(C(=O)OC)nc1Nc1ccc(F)cc1)C1CCC1. The van der Waals surface area contributed by atoms with Gasteiger partial charge in [0.2, 0.25) is 0 Å². The molecule has 0 atom stereocenters. The first-order valence-electron chi connectivity index (χ1n) is 14.0. The number of carbonyl (C=O) groups excluding carboxylic acids is 2. The molecule has 1 N–H and O–H groups in total. The molecule has 1 aromatic carbocycles. The van der Waals surface area contributed by atoms with Crippen molar-refractivity contribution >= 4 is 42.2 Å². The second-order valence-corrected chi connectivity index (χ2v) is 10.7. The van der Waals surface area contributed by atoms with E-state index in [1.807, 2.05) is 6.07 Å². The number of hydrogen-bond acceptors (Lipinski definition) is 8. The van der Waals surface area contributed by atoms with Crippen LogP contribution in [0, 0.1) is 11.7 Å². The Hall–Kier alpha value is -3.47. The van der Waals surface area contributed by atoms with Crippen molar-refractivity contribution in [2.75, 3.05) is 63.7 Å². The number of halogens is 1. The van der Waals surface area contributed by atoms with Crippen LogP contribution in [0.5, 0.6) is 0 Å². The number of methoxy groups -OCH3 is 2. The Morgan fingerprint density at radius 1 is 0.975 bits per heavy atom. The van der Waals surface area contributed by atoms with Gasteiger partial charge in [0.25, 0.3) is 0 Å². The molecule has 3 fully saturated rings. The Kier molecular flexibility index (Phi) is 8.68. The summed E-state index contributed by atoms with van der Waals surface area (Å²) in [5.41, 5.74) is 3.73. The average Bonchev–Trinajstić information content (AvgIpc) is 2.96. The van der Waals surface area contributed by atoms with E-state index in [2.05, 4.69) is 27.6 Å². The van der Waals surface area contributed by atoms with Crippen molar-refractivity contribution in [3.05, 3.63) is 47.4 Å². The van der Waals surface area contributed by atoms with E-state index in [9.17, 15) is 14.0 Å². The summed E-state index contributed by atoms with van der Waals surface area (Å²) in [5, 5.41) is 3.34. The molecule has 0 radical (unpaired) electrons. The number of benzene rings is 1. The van der Waals surface area contributed by atoms with Gasteiger partial charge in [0, 0.05) is 0 Å². The monoisotopic (exact) mass is 549 g/mol. The summed E-state index contributed by atoms with van der Waals surface area (Å²) in [6.45, 7) is 4.63. The average molecular weight is 549 g/mol. The third kappa shape index (κ3) is 5.99. The molecule has 11 heteroatoms. The second-order valence-electron chi connectivity index (χ2n) is 10.7. The summed E-state index contributed by atoms with van der Waals surface area (Å²) in [4.78, 5) is 35.8. The topological polar surface area (TPSA) is 87.2 Å². The zero-order chi connectivity index (χ0) is 28.2. The number of piperazine rings is 1. The summed E-state index contributed by atoms with van der Waals surface area (Å²) >= 11 is 0. The maximum atomic E-state index is 13.6. The summed E-state index contributed by atoms with van der Waals surface area (Å²) in [6, 6.07) is 8.35. The van der Waals surface area contributed by atoms with Crippen molar-refractivity contribution in [1.29, 1.82) is 0 Å². The third-order valence-electron chi connectivity index (χ3n) is 8.49. The van der Waals surface area contributed by atoms with Crippen LogP contribution < -0.4 is 10.2 Å². The van der Waals surface area contributed by atoms with Crippen LogP contribution in [0.3, 0.4) is 0 Å². The number of aromatic nitrogens is 1. The van der Waals surface area contributed by atoms with Crippen molar-refractivity contribution in [2.45, 2.75) is 38.1 Å². The fourth-order valence-corrected chi connectivity index (χ4v) is 5.90.